The quantitative estimate of drug-likeness (QED) is 0.563. The molecule has 0 atom stereocenters. The minimum absolute atomic E-state index is 0.0716. The second kappa shape index (κ2) is 3.57. The minimum Gasteiger partial charge on any atom is -0.280 e. The first-order chi connectivity index (χ1) is 8.09. The Kier molecular flexibility index (Phi) is 2.26. The van der Waals surface area contributed by atoms with Crippen molar-refractivity contribution in [3.05, 3.63) is 33.6 Å². The van der Waals surface area contributed by atoms with Crippen molar-refractivity contribution in [2.24, 2.45) is 0 Å². The van der Waals surface area contributed by atoms with Gasteiger partial charge in [-0.1, -0.05) is 0 Å². The molecule has 1 saturated carbocycles. The molecule has 0 aliphatic heterocycles. The zero-order valence-corrected chi connectivity index (χ0v) is 9.54. The van der Waals surface area contributed by atoms with Crippen molar-refractivity contribution >= 4 is 35.8 Å². The molecule has 0 N–H and O–H groups in total. The van der Waals surface area contributed by atoms with Gasteiger partial charge in [0, 0.05) is 6.04 Å². The molecular weight excluding hydrogens is 241 g/mol. The largest absolute Gasteiger partial charge is 0.280 e. The Balaban J connectivity index is 2.43. The number of hydrogen-bond acceptors (Lipinski definition) is 2. The molecular formula is C11H7BClFN2O. The molecule has 1 heterocycles. The molecule has 6 heteroatoms. The maximum absolute atomic E-state index is 13.3. The Morgan fingerprint density at radius 1 is 1.47 bits per heavy atom. The number of hydrogen-bond donors (Lipinski definition) is 0. The predicted molar refractivity (Wildman–Crippen MR) is 64.6 cm³/mol. The lowest BCUT2D eigenvalue weighted by Gasteiger charge is -2.09. The average Bonchev–Trinajstić information content (AvgIpc) is 3.08. The van der Waals surface area contributed by atoms with E-state index in [4.69, 9.17) is 19.4 Å². The van der Waals surface area contributed by atoms with Crippen molar-refractivity contribution in [3.63, 3.8) is 0 Å². The molecule has 1 aromatic heterocycles. The molecule has 3 rings (SSSR count). The van der Waals surface area contributed by atoms with Crippen LogP contribution in [-0.4, -0.2) is 17.4 Å². The topological polar surface area (TPSA) is 34.9 Å². The lowest BCUT2D eigenvalue weighted by molar-refractivity contribution is 0.636. The van der Waals surface area contributed by atoms with Crippen LogP contribution in [0.15, 0.2) is 16.9 Å². The highest BCUT2D eigenvalue weighted by atomic mass is 35.5. The van der Waals surface area contributed by atoms with Crippen LogP contribution in [0.4, 0.5) is 4.39 Å². The second-order valence-corrected chi connectivity index (χ2v) is 4.48. The van der Waals surface area contributed by atoms with E-state index in [0.717, 1.165) is 12.8 Å². The Morgan fingerprint density at radius 3 is 2.82 bits per heavy atom. The highest BCUT2D eigenvalue weighted by molar-refractivity contribution is 6.38. The first-order valence-electron chi connectivity index (χ1n) is 5.25. The van der Waals surface area contributed by atoms with Gasteiger partial charge in [-0.2, -0.15) is 0 Å². The van der Waals surface area contributed by atoms with Gasteiger partial charge in [0.05, 0.1) is 10.9 Å². The van der Waals surface area contributed by atoms with Gasteiger partial charge in [0.15, 0.2) is 0 Å². The van der Waals surface area contributed by atoms with E-state index in [0.29, 0.717) is 5.39 Å². The van der Waals surface area contributed by atoms with Gasteiger partial charge in [0.2, 0.25) is 5.28 Å². The van der Waals surface area contributed by atoms with Crippen LogP contribution in [0.1, 0.15) is 18.9 Å². The first-order valence-corrected chi connectivity index (χ1v) is 5.63. The first kappa shape index (κ1) is 10.8. The van der Waals surface area contributed by atoms with E-state index in [2.05, 4.69) is 4.98 Å². The third kappa shape index (κ3) is 1.57. The van der Waals surface area contributed by atoms with Crippen molar-refractivity contribution in [1.29, 1.82) is 0 Å². The van der Waals surface area contributed by atoms with Crippen molar-refractivity contribution in [3.8, 4) is 0 Å². The van der Waals surface area contributed by atoms with Gasteiger partial charge in [-0.05, 0) is 42.0 Å². The molecule has 0 amide bonds. The molecule has 0 saturated heterocycles. The monoisotopic (exact) mass is 248 g/mol. The van der Waals surface area contributed by atoms with E-state index >= 15 is 0 Å². The van der Waals surface area contributed by atoms with Crippen LogP contribution in [0.25, 0.3) is 10.9 Å². The van der Waals surface area contributed by atoms with Crippen LogP contribution in [0, 0.1) is 5.82 Å². The highest BCUT2D eigenvalue weighted by Crippen LogP contribution is 2.35. The summed E-state index contributed by atoms with van der Waals surface area (Å²) in [6.45, 7) is 0. The zero-order valence-electron chi connectivity index (χ0n) is 8.78. The molecule has 17 heavy (non-hydrogen) atoms. The lowest BCUT2D eigenvalue weighted by atomic mass is 9.93. The average molecular weight is 248 g/mol. The van der Waals surface area contributed by atoms with E-state index in [9.17, 15) is 9.18 Å². The van der Waals surface area contributed by atoms with E-state index in [1.165, 1.54) is 16.7 Å². The van der Waals surface area contributed by atoms with Crippen LogP contribution >= 0.6 is 11.6 Å². The fourth-order valence-electron chi connectivity index (χ4n) is 1.89. The van der Waals surface area contributed by atoms with Crippen molar-refractivity contribution < 1.29 is 4.39 Å². The van der Waals surface area contributed by atoms with E-state index < -0.39 is 5.82 Å². The molecule has 0 bridgehead atoms. The van der Waals surface area contributed by atoms with E-state index in [1.807, 2.05) is 0 Å². The minimum atomic E-state index is -0.593. The maximum atomic E-state index is 13.3. The van der Waals surface area contributed by atoms with Gasteiger partial charge in [0.1, 0.15) is 13.7 Å². The fraction of sp³-hybridized carbons (Fsp3) is 0.273. The Bertz CT molecular complexity index is 681. The van der Waals surface area contributed by atoms with Crippen LogP contribution < -0.4 is 11.0 Å². The third-order valence-corrected chi connectivity index (χ3v) is 3.19. The standard InChI is InChI=1S/C11H7BClFN2O/c12-8-7(14)4-3-6-9(8)15-11(13)16(10(6)17)5-1-2-5/h3-5H,1-2H2. The van der Waals surface area contributed by atoms with Crippen LogP contribution in [0.2, 0.25) is 5.28 Å². The summed E-state index contributed by atoms with van der Waals surface area (Å²) >= 11 is 5.94. The highest BCUT2D eigenvalue weighted by Gasteiger charge is 2.28. The van der Waals surface area contributed by atoms with Crippen LogP contribution in [0.5, 0.6) is 0 Å². The molecule has 3 nitrogen and oxygen atoms in total. The Hall–Kier alpha value is -1.36. The summed E-state index contributed by atoms with van der Waals surface area (Å²) in [5, 5.41) is 0.377. The number of aromatic nitrogens is 2. The van der Waals surface area contributed by atoms with Gasteiger partial charge >= 0.3 is 0 Å². The molecule has 1 aliphatic rings. The SMILES string of the molecule is [B]c1c(F)ccc2c(=O)n(C3CC3)c(Cl)nc12. The summed E-state index contributed by atoms with van der Waals surface area (Å²) in [6, 6.07) is 2.69. The normalized spacial score (nSPS) is 15.4. The van der Waals surface area contributed by atoms with Crippen LogP contribution in [0.3, 0.4) is 0 Å². The number of nitrogens with zero attached hydrogens (tertiary/aromatic N) is 2. The predicted octanol–water partition coefficient (Wildman–Crippen LogP) is 1.32. The van der Waals surface area contributed by atoms with Crippen LogP contribution in [-0.2, 0) is 0 Å². The number of rotatable bonds is 1. The van der Waals surface area contributed by atoms with E-state index in [1.54, 1.807) is 0 Å². The molecule has 84 valence electrons. The zero-order chi connectivity index (χ0) is 12.2. The molecule has 2 radical (unpaired) electrons. The van der Waals surface area contributed by atoms with Gasteiger partial charge in [-0.15, -0.1) is 0 Å². The summed E-state index contributed by atoms with van der Waals surface area (Å²) < 4.78 is 14.7. The second-order valence-electron chi connectivity index (χ2n) is 4.14. The number of benzene rings is 1. The lowest BCUT2D eigenvalue weighted by Crippen LogP contribution is -2.24. The summed E-state index contributed by atoms with van der Waals surface area (Å²) in [7, 11) is 5.55. The number of fused-ring (bicyclic) bond motifs is 1. The summed E-state index contributed by atoms with van der Waals surface area (Å²) in [4.78, 5) is 16.2. The van der Waals surface area contributed by atoms with Gasteiger partial charge in [-0.3, -0.25) is 9.36 Å². The van der Waals surface area contributed by atoms with Gasteiger partial charge in [0.25, 0.3) is 5.56 Å². The number of halogens is 2. The molecule has 0 spiro atoms. The van der Waals surface area contributed by atoms with Gasteiger partial charge in [-0.25, -0.2) is 9.37 Å². The molecule has 1 aliphatic carbocycles. The molecule has 0 unspecified atom stereocenters. The molecule has 1 fully saturated rings. The summed E-state index contributed by atoms with van der Waals surface area (Å²) in [6.07, 6.45) is 1.84. The van der Waals surface area contributed by atoms with Crippen molar-refractivity contribution in [2.75, 3.05) is 0 Å². The Morgan fingerprint density at radius 2 is 2.18 bits per heavy atom. The van der Waals surface area contributed by atoms with Crippen molar-refractivity contribution in [1.82, 2.24) is 9.55 Å². The Labute approximate surface area is 103 Å². The summed E-state index contributed by atoms with van der Waals surface area (Å²) in [5.74, 6) is -0.593. The fourth-order valence-corrected chi connectivity index (χ4v) is 2.18. The molecule has 1 aromatic carbocycles. The molecule has 2 aromatic rings. The maximum Gasteiger partial charge on any atom is 0.262 e. The smallest absolute Gasteiger partial charge is 0.262 e. The third-order valence-electron chi connectivity index (χ3n) is 2.93. The van der Waals surface area contributed by atoms with Crippen molar-refractivity contribution in [2.45, 2.75) is 18.9 Å². The summed E-state index contributed by atoms with van der Waals surface area (Å²) in [5.41, 5.74) is -0.254. The van der Waals surface area contributed by atoms with Gasteiger partial charge < -0.3 is 0 Å². The van der Waals surface area contributed by atoms with E-state index in [-0.39, 0.29) is 27.9 Å².